The first kappa shape index (κ1) is 14.7. The summed E-state index contributed by atoms with van der Waals surface area (Å²) in [6.45, 7) is 0. The Morgan fingerprint density at radius 1 is 1.33 bits per heavy atom. The number of benzene rings is 1. The summed E-state index contributed by atoms with van der Waals surface area (Å²) in [5, 5.41) is 13.2. The minimum atomic E-state index is -0.758. The SMILES string of the molecule is COc1ccc(SCC(NC2CC2)(C(=O)O)C2CC2)cc1. The van der Waals surface area contributed by atoms with E-state index in [2.05, 4.69) is 5.32 Å². The number of aliphatic carboxylic acids is 1. The van der Waals surface area contributed by atoms with E-state index in [-0.39, 0.29) is 5.92 Å². The molecule has 0 saturated heterocycles. The van der Waals surface area contributed by atoms with Gasteiger partial charge in [0.25, 0.3) is 0 Å². The van der Waals surface area contributed by atoms with Gasteiger partial charge in [-0.2, -0.15) is 0 Å². The molecule has 0 radical (unpaired) electrons. The molecular weight excluding hydrogens is 286 g/mol. The van der Waals surface area contributed by atoms with Gasteiger partial charge in [-0.1, -0.05) is 0 Å². The largest absolute Gasteiger partial charge is 0.497 e. The highest BCUT2D eigenvalue weighted by Gasteiger charge is 2.53. The molecule has 0 spiro atoms. The molecule has 114 valence electrons. The van der Waals surface area contributed by atoms with E-state index in [1.807, 2.05) is 24.3 Å². The van der Waals surface area contributed by atoms with Crippen LogP contribution in [0.2, 0.25) is 0 Å². The molecular formula is C16H21NO3S. The molecule has 2 aliphatic rings. The molecule has 3 rings (SSSR count). The minimum Gasteiger partial charge on any atom is -0.497 e. The van der Waals surface area contributed by atoms with Crippen LogP contribution in [0.15, 0.2) is 29.2 Å². The van der Waals surface area contributed by atoms with Crippen molar-refractivity contribution < 1.29 is 14.6 Å². The van der Waals surface area contributed by atoms with Crippen molar-refractivity contribution in [2.45, 2.75) is 42.2 Å². The van der Waals surface area contributed by atoms with Crippen LogP contribution in [0.4, 0.5) is 0 Å². The Labute approximate surface area is 129 Å². The van der Waals surface area contributed by atoms with Crippen molar-refractivity contribution in [3.05, 3.63) is 24.3 Å². The Bertz CT molecular complexity index is 511. The summed E-state index contributed by atoms with van der Waals surface area (Å²) < 4.78 is 5.15. The molecule has 0 bridgehead atoms. The number of carbonyl (C=O) groups is 1. The predicted octanol–water partition coefficient (Wildman–Crippen LogP) is 2.77. The molecule has 1 aromatic carbocycles. The van der Waals surface area contributed by atoms with Crippen LogP contribution >= 0.6 is 11.8 Å². The second kappa shape index (κ2) is 5.89. The highest BCUT2D eigenvalue weighted by Crippen LogP contribution is 2.44. The number of hydrogen-bond donors (Lipinski definition) is 2. The number of carboxylic acids is 1. The van der Waals surface area contributed by atoms with Gasteiger partial charge in [-0.05, 0) is 55.9 Å². The summed E-state index contributed by atoms with van der Waals surface area (Å²) in [5.41, 5.74) is -0.758. The van der Waals surface area contributed by atoms with E-state index < -0.39 is 11.5 Å². The fraction of sp³-hybridized carbons (Fsp3) is 0.562. The van der Waals surface area contributed by atoms with Gasteiger partial charge < -0.3 is 9.84 Å². The van der Waals surface area contributed by atoms with E-state index in [4.69, 9.17) is 4.74 Å². The van der Waals surface area contributed by atoms with Crippen molar-refractivity contribution in [3.63, 3.8) is 0 Å². The van der Waals surface area contributed by atoms with Gasteiger partial charge in [0.1, 0.15) is 11.3 Å². The molecule has 0 amide bonds. The third-order valence-corrected chi connectivity index (χ3v) is 5.43. The Kier molecular flexibility index (Phi) is 4.13. The van der Waals surface area contributed by atoms with Crippen LogP contribution in [0, 0.1) is 5.92 Å². The van der Waals surface area contributed by atoms with Gasteiger partial charge in [0, 0.05) is 16.7 Å². The van der Waals surface area contributed by atoms with Gasteiger partial charge in [-0.3, -0.25) is 10.1 Å². The summed E-state index contributed by atoms with van der Waals surface area (Å²) in [6, 6.07) is 8.20. The third kappa shape index (κ3) is 3.35. The average Bonchev–Trinajstić information content (AvgIpc) is 3.37. The number of nitrogens with one attached hydrogen (secondary N) is 1. The standard InChI is InChI=1S/C16H21NO3S/c1-20-13-6-8-14(9-7-13)21-10-16(15(18)19,11-2-3-11)17-12-4-5-12/h6-9,11-12,17H,2-5,10H2,1H3,(H,18,19). The molecule has 1 atom stereocenters. The van der Waals surface area contributed by atoms with Crippen LogP contribution in [0.5, 0.6) is 5.75 Å². The number of thioether (sulfide) groups is 1. The smallest absolute Gasteiger partial charge is 0.325 e. The molecule has 2 aliphatic carbocycles. The van der Waals surface area contributed by atoms with E-state index in [0.29, 0.717) is 11.8 Å². The predicted molar refractivity (Wildman–Crippen MR) is 83.0 cm³/mol. The first-order valence-electron chi connectivity index (χ1n) is 7.42. The van der Waals surface area contributed by atoms with Crippen molar-refractivity contribution in [1.29, 1.82) is 0 Å². The van der Waals surface area contributed by atoms with E-state index in [1.54, 1.807) is 18.9 Å². The molecule has 2 fully saturated rings. The van der Waals surface area contributed by atoms with Gasteiger partial charge in [0.05, 0.1) is 7.11 Å². The summed E-state index contributed by atoms with van der Waals surface area (Å²) >= 11 is 1.61. The Balaban J connectivity index is 1.69. The normalized spacial score (nSPS) is 20.8. The lowest BCUT2D eigenvalue weighted by Gasteiger charge is -2.30. The zero-order valence-corrected chi connectivity index (χ0v) is 13.0. The fourth-order valence-corrected chi connectivity index (χ4v) is 3.78. The van der Waals surface area contributed by atoms with Crippen LogP contribution in [0.25, 0.3) is 0 Å². The highest BCUT2D eigenvalue weighted by atomic mass is 32.2. The van der Waals surface area contributed by atoms with Gasteiger partial charge in [-0.25, -0.2) is 0 Å². The van der Waals surface area contributed by atoms with E-state index in [9.17, 15) is 9.90 Å². The monoisotopic (exact) mass is 307 g/mol. The van der Waals surface area contributed by atoms with Gasteiger partial charge >= 0.3 is 5.97 Å². The van der Waals surface area contributed by atoms with Crippen LogP contribution in [0.1, 0.15) is 25.7 Å². The van der Waals surface area contributed by atoms with Gasteiger partial charge in [0.2, 0.25) is 0 Å². The van der Waals surface area contributed by atoms with Crippen molar-refractivity contribution in [3.8, 4) is 5.75 Å². The van der Waals surface area contributed by atoms with Crippen molar-refractivity contribution in [1.82, 2.24) is 5.32 Å². The quantitative estimate of drug-likeness (QED) is 0.723. The number of hydrogen-bond acceptors (Lipinski definition) is 4. The maximum Gasteiger partial charge on any atom is 0.325 e. The summed E-state index contributed by atoms with van der Waals surface area (Å²) in [6.07, 6.45) is 4.26. The molecule has 0 aromatic heterocycles. The number of methoxy groups -OCH3 is 1. The van der Waals surface area contributed by atoms with Gasteiger partial charge in [0.15, 0.2) is 0 Å². The molecule has 0 heterocycles. The first-order chi connectivity index (χ1) is 10.1. The fourth-order valence-electron chi connectivity index (χ4n) is 2.61. The van der Waals surface area contributed by atoms with E-state index in [0.717, 1.165) is 36.3 Å². The molecule has 5 heteroatoms. The number of rotatable bonds is 8. The Hall–Kier alpha value is -1.20. The second-order valence-corrected chi connectivity index (χ2v) is 6.98. The molecule has 1 unspecified atom stereocenters. The summed E-state index contributed by atoms with van der Waals surface area (Å²) in [7, 11) is 1.64. The maximum absolute atomic E-state index is 11.9. The van der Waals surface area contributed by atoms with E-state index in [1.165, 1.54) is 0 Å². The first-order valence-corrected chi connectivity index (χ1v) is 8.40. The molecule has 0 aliphatic heterocycles. The van der Waals surface area contributed by atoms with Crippen molar-refractivity contribution in [2.75, 3.05) is 12.9 Å². The van der Waals surface area contributed by atoms with Crippen molar-refractivity contribution >= 4 is 17.7 Å². The maximum atomic E-state index is 11.9. The van der Waals surface area contributed by atoms with Crippen LogP contribution in [-0.4, -0.2) is 35.5 Å². The van der Waals surface area contributed by atoms with E-state index >= 15 is 0 Å². The second-order valence-electron chi connectivity index (χ2n) is 5.93. The lowest BCUT2D eigenvalue weighted by atomic mass is 9.95. The van der Waals surface area contributed by atoms with Crippen molar-refractivity contribution in [2.24, 2.45) is 5.92 Å². The molecule has 2 N–H and O–H groups in total. The zero-order valence-electron chi connectivity index (χ0n) is 12.2. The zero-order chi connectivity index (χ0) is 14.9. The highest BCUT2D eigenvalue weighted by molar-refractivity contribution is 7.99. The Morgan fingerprint density at radius 2 is 2.00 bits per heavy atom. The van der Waals surface area contributed by atoms with Crippen LogP contribution in [-0.2, 0) is 4.79 Å². The lowest BCUT2D eigenvalue weighted by Crippen LogP contribution is -2.57. The summed E-state index contributed by atoms with van der Waals surface area (Å²) in [4.78, 5) is 13.0. The third-order valence-electron chi connectivity index (χ3n) is 4.22. The number of ether oxygens (including phenoxy) is 1. The number of carboxylic acid groups (broad SMARTS) is 1. The topological polar surface area (TPSA) is 58.6 Å². The minimum absolute atomic E-state index is 0.279. The summed E-state index contributed by atoms with van der Waals surface area (Å²) in [5.74, 6) is 0.983. The Morgan fingerprint density at radius 3 is 2.48 bits per heavy atom. The van der Waals surface area contributed by atoms with Crippen LogP contribution < -0.4 is 10.1 Å². The molecule has 1 aromatic rings. The van der Waals surface area contributed by atoms with Gasteiger partial charge in [-0.15, -0.1) is 11.8 Å². The molecule has 4 nitrogen and oxygen atoms in total. The molecule has 2 saturated carbocycles. The van der Waals surface area contributed by atoms with Crippen LogP contribution in [0.3, 0.4) is 0 Å². The lowest BCUT2D eigenvalue weighted by molar-refractivity contribution is -0.145. The average molecular weight is 307 g/mol. The molecule has 21 heavy (non-hydrogen) atoms.